The van der Waals surface area contributed by atoms with Gasteiger partial charge in [-0.15, -0.1) is 6.58 Å². The summed E-state index contributed by atoms with van der Waals surface area (Å²) in [5.74, 6) is 0. The summed E-state index contributed by atoms with van der Waals surface area (Å²) in [6.07, 6.45) is 2.94. The van der Waals surface area contributed by atoms with Crippen LogP contribution in [-0.2, 0) is 9.31 Å². The molecule has 3 rings (SSSR count). The van der Waals surface area contributed by atoms with Gasteiger partial charge in [0.25, 0.3) is 0 Å². The summed E-state index contributed by atoms with van der Waals surface area (Å²) in [5, 5.41) is 1.27. The molecule has 0 bridgehead atoms. The lowest BCUT2D eigenvalue weighted by Gasteiger charge is -2.32. The van der Waals surface area contributed by atoms with Gasteiger partial charge in [-0.2, -0.15) is 0 Å². The van der Waals surface area contributed by atoms with Crippen molar-refractivity contribution in [3.8, 4) is 0 Å². The molecule has 1 saturated heterocycles. The molecule has 4 N–H and O–H groups in total. The Bertz CT molecular complexity index is 968. The Morgan fingerprint density at radius 1 is 0.875 bits per heavy atom. The molecule has 1 aliphatic rings. The predicted octanol–water partition coefficient (Wildman–Crippen LogP) is 6.51. The topological polar surface area (TPSA) is 96.3 Å². The van der Waals surface area contributed by atoms with Gasteiger partial charge in [0.2, 0.25) is 0 Å². The summed E-state index contributed by atoms with van der Waals surface area (Å²) in [4.78, 5) is 7.72. The highest BCUT2D eigenvalue weighted by atomic mass is 35.5. The molecule has 2 aromatic heterocycles. The lowest BCUT2D eigenvalue weighted by molar-refractivity contribution is 0.00578. The Morgan fingerprint density at radius 3 is 1.62 bits per heavy atom. The summed E-state index contributed by atoms with van der Waals surface area (Å²) in [5.41, 5.74) is 14.0. The maximum Gasteiger partial charge on any atom is 0.489 e. The molecule has 0 saturated carbocycles. The Kier molecular flexibility index (Phi) is 10.1. The molecule has 32 heavy (non-hydrogen) atoms. The first kappa shape index (κ1) is 28.3. The molecule has 0 radical (unpaired) electrons. The van der Waals surface area contributed by atoms with Gasteiger partial charge < -0.3 is 20.8 Å². The molecular formula is C22H30BCl3N4O2. The Balaban J connectivity index is 0.000000242. The van der Waals surface area contributed by atoms with Gasteiger partial charge in [0.05, 0.1) is 38.3 Å². The molecule has 1 aliphatic heterocycles. The van der Waals surface area contributed by atoms with Crippen LogP contribution >= 0.6 is 34.8 Å². The fourth-order valence-corrected chi connectivity index (χ4v) is 2.53. The van der Waals surface area contributed by atoms with E-state index >= 15 is 0 Å². The number of rotatable bonds is 2. The zero-order chi connectivity index (χ0) is 24.9. The number of nitrogens with two attached hydrogens (primary N) is 2. The second-order valence-corrected chi connectivity index (χ2v) is 9.54. The monoisotopic (exact) mass is 498 g/mol. The van der Waals surface area contributed by atoms with E-state index in [1.165, 1.54) is 18.5 Å². The van der Waals surface area contributed by atoms with E-state index in [-0.39, 0.29) is 18.3 Å². The van der Waals surface area contributed by atoms with E-state index in [0.717, 1.165) is 16.7 Å². The molecule has 0 unspecified atom stereocenters. The average Bonchev–Trinajstić information content (AvgIpc) is 2.89. The first-order chi connectivity index (χ1) is 14.6. The molecule has 10 heteroatoms. The smallest absolute Gasteiger partial charge is 0.400 e. The number of halogens is 3. The zero-order valence-electron chi connectivity index (χ0n) is 19.3. The number of nitrogens with zero attached hydrogens (tertiary/aromatic N) is 2. The molecule has 2 aromatic rings. The van der Waals surface area contributed by atoms with E-state index in [4.69, 9.17) is 55.6 Å². The molecule has 6 nitrogen and oxygen atoms in total. The van der Waals surface area contributed by atoms with Crippen molar-refractivity contribution in [2.75, 3.05) is 11.5 Å². The van der Waals surface area contributed by atoms with Gasteiger partial charge in [0, 0.05) is 12.4 Å². The van der Waals surface area contributed by atoms with Crippen LogP contribution in [0.25, 0.3) is 5.57 Å². The highest BCUT2D eigenvalue weighted by molar-refractivity contribution is 6.54. The van der Waals surface area contributed by atoms with Crippen LogP contribution in [0.15, 0.2) is 43.2 Å². The third kappa shape index (κ3) is 7.98. The highest BCUT2D eigenvalue weighted by Crippen LogP contribution is 2.38. The van der Waals surface area contributed by atoms with E-state index in [1.54, 1.807) is 6.07 Å². The van der Waals surface area contributed by atoms with Crippen molar-refractivity contribution < 1.29 is 9.31 Å². The normalized spacial score (nSPS) is 15.7. The van der Waals surface area contributed by atoms with Crippen LogP contribution in [0.3, 0.4) is 0 Å². The van der Waals surface area contributed by atoms with Gasteiger partial charge in [-0.1, -0.05) is 46.9 Å². The minimum absolute atomic E-state index is 0.239. The Hall–Kier alpha value is -1.77. The first-order valence-electron chi connectivity index (χ1n) is 9.72. The Morgan fingerprint density at radius 2 is 1.31 bits per heavy atom. The molecule has 0 amide bonds. The van der Waals surface area contributed by atoms with Crippen molar-refractivity contribution >= 4 is 58.9 Å². The van der Waals surface area contributed by atoms with Gasteiger partial charge in [0.1, 0.15) is 5.15 Å². The third-order valence-corrected chi connectivity index (χ3v) is 5.67. The highest BCUT2D eigenvalue weighted by Gasteiger charge is 2.51. The fourth-order valence-electron chi connectivity index (χ4n) is 2.16. The molecule has 0 atom stereocenters. The van der Waals surface area contributed by atoms with E-state index in [2.05, 4.69) is 23.1 Å². The molecule has 3 heterocycles. The maximum atomic E-state index is 5.70. The standard InChI is InChI=1S/C9H17BO2.C8H9ClN2.C5H4Cl2N2/c1-7(2)10-11-8(3,4)9(5,6)12-10;1-5(2)8-3-7(10)6(9)4-11-8;6-3-2-9-5(7)1-4(3)8/h1H2,2-6H3;3-4H,1H2,2H3,(H2,10,11);1-2H,(H2,8,9). The average molecular weight is 500 g/mol. The van der Waals surface area contributed by atoms with Crippen LogP contribution in [-0.4, -0.2) is 28.3 Å². The van der Waals surface area contributed by atoms with Gasteiger partial charge in [-0.05, 0) is 59.2 Å². The van der Waals surface area contributed by atoms with Crippen LogP contribution in [0.1, 0.15) is 47.2 Å². The number of allylic oxidation sites excluding steroid dienone is 2. The number of anilines is 2. The number of hydrogen-bond donors (Lipinski definition) is 2. The number of nitrogen functional groups attached to an aromatic ring is 2. The minimum Gasteiger partial charge on any atom is -0.400 e. The quantitative estimate of drug-likeness (QED) is 0.361. The second-order valence-electron chi connectivity index (χ2n) is 8.33. The predicted molar refractivity (Wildman–Crippen MR) is 138 cm³/mol. The van der Waals surface area contributed by atoms with E-state index < -0.39 is 0 Å². The van der Waals surface area contributed by atoms with Gasteiger partial charge >= 0.3 is 7.12 Å². The van der Waals surface area contributed by atoms with E-state index in [0.29, 0.717) is 26.6 Å². The summed E-state index contributed by atoms with van der Waals surface area (Å²) < 4.78 is 11.4. The van der Waals surface area contributed by atoms with Crippen LogP contribution in [0.2, 0.25) is 15.2 Å². The maximum absolute atomic E-state index is 5.70. The summed E-state index contributed by atoms with van der Waals surface area (Å²) >= 11 is 16.7. The third-order valence-electron chi connectivity index (χ3n) is 4.83. The van der Waals surface area contributed by atoms with Gasteiger partial charge in [-0.3, -0.25) is 4.98 Å². The second kappa shape index (κ2) is 11.4. The van der Waals surface area contributed by atoms with Crippen molar-refractivity contribution in [1.82, 2.24) is 9.97 Å². The zero-order valence-corrected chi connectivity index (χ0v) is 21.6. The number of aromatic nitrogens is 2. The molecule has 1 fully saturated rings. The van der Waals surface area contributed by atoms with Crippen molar-refractivity contribution in [3.05, 3.63) is 64.0 Å². The van der Waals surface area contributed by atoms with Gasteiger partial charge in [0.15, 0.2) is 0 Å². The van der Waals surface area contributed by atoms with Crippen molar-refractivity contribution in [2.24, 2.45) is 0 Å². The lowest BCUT2D eigenvalue weighted by atomic mass is 9.81. The summed E-state index contributed by atoms with van der Waals surface area (Å²) in [6.45, 7) is 19.5. The first-order valence-corrected chi connectivity index (χ1v) is 10.8. The molecule has 0 aromatic carbocycles. The van der Waals surface area contributed by atoms with Crippen molar-refractivity contribution in [2.45, 2.75) is 52.7 Å². The van der Waals surface area contributed by atoms with E-state index in [1.807, 2.05) is 41.5 Å². The fraction of sp³-hybridized carbons (Fsp3) is 0.364. The van der Waals surface area contributed by atoms with Crippen LogP contribution in [0.4, 0.5) is 11.4 Å². The summed E-state index contributed by atoms with van der Waals surface area (Å²) in [6, 6.07) is 3.22. The molecular weight excluding hydrogens is 469 g/mol. The minimum atomic E-state index is -0.241. The van der Waals surface area contributed by atoms with Crippen LogP contribution < -0.4 is 11.5 Å². The number of hydrogen-bond acceptors (Lipinski definition) is 6. The summed E-state index contributed by atoms with van der Waals surface area (Å²) in [7, 11) is -0.241. The molecule has 174 valence electrons. The lowest BCUT2D eigenvalue weighted by Crippen LogP contribution is -2.41. The molecule has 0 spiro atoms. The van der Waals surface area contributed by atoms with Crippen molar-refractivity contribution in [3.63, 3.8) is 0 Å². The van der Waals surface area contributed by atoms with Crippen LogP contribution in [0, 0.1) is 0 Å². The molecule has 0 aliphatic carbocycles. The van der Waals surface area contributed by atoms with Gasteiger partial charge in [-0.25, -0.2) is 4.98 Å². The Labute approximate surface area is 206 Å². The van der Waals surface area contributed by atoms with E-state index in [9.17, 15) is 0 Å². The SMILES string of the molecule is C=C(C)B1OC(C)(C)C(C)(C)O1.C=C(C)c1cc(N)c(Cl)cn1.Nc1cc(Cl)ncc1Cl. The largest absolute Gasteiger partial charge is 0.489 e. The number of pyridine rings is 2. The van der Waals surface area contributed by atoms with Crippen LogP contribution in [0.5, 0.6) is 0 Å². The van der Waals surface area contributed by atoms with Crippen molar-refractivity contribution in [1.29, 1.82) is 0 Å².